The molecule has 0 aliphatic rings. The molecule has 6 heteroatoms. The van der Waals surface area contributed by atoms with Crippen molar-refractivity contribution in [2.24, 2.45) is 0 Å². The molecule has 0 saturated carbocycles. The Labute approximate surface area is 140 Å². The fraction of sp³-hybridized carbons (Fsp3) is 0.294. The van der Waals surface area contributed by atoms with E-state index in [-0.39, 0.29) is 6.61 Å². The van der Waals surface area contributed by atoms with Crippen molar-refractivity contribution in [2.75, 3.05) is 13.2 Å². The molecule has 23 heavy (non-hydrogen) atoms. The van der Waals surface area contributed by atoms with Gasteiger partial charge in [0.25, 0.3) is 0 Å². The molecule has 122 valence electrons. The van der Waals surface area contributed by atoms with Crippen LogP contribution in [0.3, 0.4) is 0 Å². The van der Waals surface area contributed by atoms with Crippen LogP contribution in [0, 0.1) is 11.8 Å². The summed E-state index contributed by atoms with van der Waals surface area (Å²) >= 11 is 5.76. The Morgan fingerprint density at radius 1 is 1.26 bits per heavy atom. The molecule has 5 nitrogen and oxygen atoms in total. The Morgan fingerprint density at radius 2 is 1.96 bits per heavy atom. The molecule has 0 spiro atoms. The maximum absolute atomic E-state index is 11.7. The van der Waals surface area contributed by atoms with Gasteiger partial charge >= 0.3 is 11.9 Å². The molecule has 0 aliphatic heterocycles. The summed E-state index contributed by atoms with van der Waals surface area (Å²) in [6, 6.07) is 6.64. The summed E-state index contributed by atoms with van der Waals surface area (Å²) in [5.41, 5.74) is 0. The summed E-state index contributed by atoms with van der Waals surface area (Å²) < 4.78 is 15.0. The third-order valence-corrected chi connectivity index (χ3v) is 2.69. The van der Waals surface area contributed by atoms with Crippen LogP contribution in [0.25, 0.3) is 0 Å². The molecular weight excluding hydrogens is 320 g/mol. The van der Waals surface area contributed by atoms with Gasteiger partial charge in [-0.25, -0.2) is 9.59 Å². The molecule has 0 fully saturated rings. The Morgan fingerprint density at radius 3 is 2.61 bits per heavy atom. The third-order valence-electron chi connectivity index (χ3n) is 2.44. The van der Waals surface area contributed by atoms with Crippen LogP contribution >= 0.6 is 11.6 Å². The van der Waals surface area contributed by atoms with Gasteiger partial charge in [0.1, 0.15) is 5.75 Å². The van der Waals surface area contributed by atoms with Gasteiger partial charge < -0.3 is 14.2 Å². The number of esters is 2. The maximum atomic E-state index is 11.7. The number of ether oxygens (including phenoxy) is 3. The van der Waals surface area contributed by atoms with Crippen LogP contribution in [0.15, 0.2) is 36.4 Å². The van der Waals surface area contributed by atoms with Crippen molar-refractivity contribution in [3.63, 3.8) is 0 Å². The number of allylic oxidation sites excluding steroid dienone is 1. The van der Waals surface area contributed by atoms with Crippen molar-refractivity contribution in [1.82, 2.24) is 0 Å². The number of halogens is 1. The van der Waals surface area contributed by atoms with Gasteiger partial charge in [0.05, 0.1) is 6.61 Å². The van der Waals surface area contributed by atoms with Crippen molar-refractivity contribution in [3.05, 3.63) is 41.4 Å². The van der Waals surface area contributed by atoms with Gasteiger partial charge in [0.15, 0.2) is 12.7 Å². The van der Waals surface area contributed by atoms with Crippen LogP contribution < -0.4 is 4.74 Å². The van der Waals surface area contributed by atoms with E-state index in [1.165, 1.54) is 12.2 Å². The zero-order chi connectivity index (χ0) is 17.1. The molecule has 1 aromatic rings. The SMILES string of the molecule is CCOC(=O)C=CC#CCOC(=O)C(C)Oc1ccc(Cl)cc1. The molecule has 1 unspecified atom stereocenters. The van der Waals surface area contributed by atoms with E-state index in [1.54, 1.807) is 38.1 Å². The number of hydrogen-bond acceptors (Lipinski definition) is 5. The molecule has 0 aromatic heterocycles. The van der Waals surface area contributed by atoms with Crippen LogP contribution in [-0.2, 0) is 19.1 Å². The number of hydrogen-bond donors (Lipinski definition) is 0. The highest BCUT2D eigenvalue weighted by Crippen LogP contribution is 2.16. The largest absolute Gasteiger partial charge is 0.479 e. The molecule has 0 radical (unpaired) electrons. The van der Waals surface area contributed by atoms with Gasteiger partial charge in [-0.2, -0.15) is 0 Å². The molecule has 0 aliphatic carbocycles. The highest BCUT2D eigenvalue weighted by atomic mass is 35.5. The lowest BCUT2D eigenvalue weighted by molar-refractivity contribution is -0.149. The van der Waals surface area contributed by atoms with E-state index in [2.05, 4.69) is 16.6 Å². The van der Waals surface area contributed by atoms with E-state index < -0.39 is 18.0 Å². The Bertz CT molecular complexity index is 610. The molecule has 0 N–H and O–H groups in total. The quantitative estimate of drug-likeness (QED) is 0.454. The van der Waals surface area contributed by atoms with Crippen LogP contribution in [0.1, 0.15) is 13.8 Å². The highest BCUT2D eigenvalue weighted by molar-refractivity contribution is 6.30. The van der Waals surface area contributed by atoms with Gasteiger partial charge in [0, 0.05) is 11.1 Å². The molecule has 0 heterocycles. The third kappa shape index (κ3) is 7.93. The molecule has 0 bridgehead atoms. The minimum atomic E-state index is -0.770. The minimum Gasteiger partial charge on any atom is -0.479 e. The molecule has 0 amide bonds. The minimum absolute atomic E-state index is 0.0969. The van der Waals surface area contributed by atoms with Crippen LogP contribution in [-0.4, -0.2) is 31.3 Å². The first kappa shape index (κ1) is 18.6. The standard InChI is InChI=1S/C17H17ClO5/c1-3-21-16(19)7-5-4-6-12-22-17(20)13(2)23-15-10-8-14(18)9-11-15/h5,7-11,13H,3,12H2,1-2H3. The summed E-state index contributed by atoms with van der Waals surface area (Å²) in [7, 11) is 0. The lowest BCUT2D eigenvalue weighted by Crippen LogP contribution is -2.26. The van der Waals surface area contributed by atoms with Crippen LogP contribution in [0.5, 0.6) is 5.75 Å². The van der Waals surface area contributed by atoms with Gasteiger partial charge in [-0.05, 0) is 44.2 Å². The summed E-state index contributed by atoms with van der Waals surface area (Å²) in [5, 5.41) is 0.582. The predicted octanol–water partition coefficient (Wildman–Crippen LogP) is 2.77. The van der Waals surface area contributed by atoms with E-state index in [0.717, 1.165) is 0 Å². The van der Waals surface area contributed by atoms with Crippen molar-refractivity contribution in [1.29, 1.82) is 0 Å². The average molecular weight is 337 g/mol. The molecule has 1 atom stereocenters. The zero-order valence-corrected chi connectivity index (χ0v) is 13.6. The fourth-order valence-corrected chi connectivity index (χ4v) is 1.52. The van der Waals surface area contributed by atoms with Crippen molar-refractivity contribution >= 4 is 23.5 Å². The van der Waals surface area contributed by atoms with Gasteiger partial charge in [-0.3, -0.25) is 0 Å². The van der Waals surface area contributed by atoms with E-state index in [1.807, 2.05) is 0 Å². The summed E-state index contributed by atoms with van der Waals surface area (Å²) in [4.78, 5) is 22.7. The monoisotopic (exact) mass is 336 g/mol. The molecule has 1 aromatic carbocycles. The average Bonchev–Trinajstić information content (AvgIpc) is 2.53. The lowest BCUT2D eigenvalue weighted by atomic mass is 10.3. The summed E-state index contributed by atoms with van der Waals surface area (Å²) in [6.45, 7) is 3.50. The molecular formula is C17H17ClO5. The number of benzene rings is 1. The second kappa shape index (κ2) is 10.3. The van der Waals surface area contributed by atoms with Gasteiger partial charge in [-0.15, -0.1) is 0 Å². The highest BCUT2D eigenvalue weighted by Gasteiger charge is 2.15. The van der Waals surface area contributed by atoms with Gasteiger partial charge in [-0.1, -0.05) is 23.4 Å². The Balaban J connectivity index is 2.33. The van der Waals surface area contributed by atoms with Crippen LogP contribution in [0.4, 0.5) is 0 Å². The molecule has 1 rings (SSSR count). The summed E-state index contributed by atoms with van der Waals surface area (Å²) in [6.07, 6.45) is 1.76. The smallest absolute Gasteiger partial charge is 0.347 e. The molecule has 0 saturated heterocycles. The Hall–Kier alpha value is -2.45. The number of rotatable bonds is 6. The van der Waals surface area contributed by atoms with E-state index in [4.69, 9.17) is 21.1 Å². The van der Waals surface area contributed by atoms with Crippen LogP contribution in [0.2, 0.25) is 5.02 Å². The van der Waals surface area contributed by atoms with E-state index in [0.29, 0.717) is 17.4 Å². The van der Waals surface area contributed by atoms with Crippen molar-refractivity contribution in [3.8, 4) is 17.6 Å². The normalized spacial score (nSPS) is 11.3. The van der Waals surface area contributed by atoms with Crippen molar-refractivity contribution in [2.45, 2.75) is 20.0 Å². The first-order chi connectivity index (χ1) is 11.0. The number of carbonyl (C=O) groups is 2. The Kier molecular flexibility index (Phi) is 8.33. The zero-order valence-electron chi connectivity index (χ0n) is 12.9. The van der Waals surface area contributed by atoms with E-state index in [9.17, 15) is 9.59 Å². The van der Waals surface area contributed by atoms with Crippen molar-refractivity contribution < 1.29 is 23.8 Å². The maximum Gasteiger partial charge on any atom is 0.347 e. The second-order valence-corrected chi connectivity index (χ2v) is 4.66. The first-order valence-electron chi connectivity index (χ1n) is 6.93. The first-order valence-corrected chi connectivity index (χ1v) is 7.31. The topological polar surface area (TPSA) is 61.8 Å². The lowest BCUT2D eigenvalue weighted by Gasteiger charge is -2.12. The van der Waals surface area contributed by atoms with Gasteiger partial charge in [0.2, 0.25) is 0 Å². The fourth-order valence-electron chi connectivity index (χ4n) is 1.39. The predicted molar refractivity (Wildman–Crippen MR) is 86.1 cm³/mol. The van der Waals surface area contributed by atoms with E-state index >= 15 is 0 Å². The second-order valence-electron chi connectivity index (χ2n) is 4.23. The number of carbonyl (C=O) groups excluding carboxylic acids is 2. The summed E-state index contributed by atoms with van der Waals surface area (Å²) in [5.74, 6) is 4.65.